The highest BCUT2D eigenvalue weighted by Crippen LogP contribution is 2.12. The van der Waals surface area contributed by atoms with Crippen molar-refractivity contribution in [2.45, 2.75) is 19.8 Å². The maximum atomic E-state index is 5.91. The van der Waals surface area contributed by atoms with Crippen LogP contribution in [0.4, 0.5) is 5.82 Å². The molecule has 2 heterocycles. The Bertz CT molecular complexity index is 472. The van der Waals surface area contributed by atoms with E-state index in [0.717, 1.165) is 36.0 Å². The van der Waals surface area contributed by atoms with Gasteiger partial charge < -0.3 is 5.32 Å². The van der Waals surface area contributed by atoms with Gasteiger partial charge in [0.15, 0.2) is 0 Å². The molecule has 0 bridgehead atoms. The van der Waals surface area contributed by atoms with E-state index in [1.54, 1.807) is 17.4 Å². The first kappa shape index (κ1) is 12.3. The predicted molar refractivity (Wildman–Crippen MR) is 70.7 cm³/mol. The van der Waals surface area contributed by atoms with E-state index in [0.29, 0.717) is 5.15 Å². The van der Waals surface area contributed by atoms with E-state index >= 15 is 0 Å². The first-order chi connectivity index (χ1) is 8.28. The summed E-state index contributed by atoms with van der Waals surface area (Å²) in [7, 11) is 0. The zero-order valence-electron chi connectivity index (χ0n) is 9.48. The molecule has 1 N–H and O–H groups in total. The van der Waals surface area contributed by atoms with Gasteiger partial charge in [0.05, 0.1) is 5.01 Å². The molecule has 2 rings (SSSR count). The van der Waals surface area contributed by atoms with Crippen LogP contribution in [0.2, 0.25) is 5.15 Å². The van der Waals surface area contributed by atoms with E-state index in [9.17, 15) is 0 Å². The van der Waals surface area contributed by atoms with Gasteiger partial charge in [-0.2, -0.15) is 0 Å². The lowest BCUT2D eigenvalue weighted by atomic mass is 10.4. The average Bonchev–Trinajstić information content (AvgIpc) is 2.81. The highest BCUT2D eigenvalue weighted by Gasteiger charge is 2.02. The highest BCUT2D eigenvalue weighted by molar-refractivity contribution is 7.09. The van der Waals surface area contributed by atoms with Crippen molar-refractivity contribution in [1.82, 2.24) is 15.0 Å². The Morgan fingerprint density at radius 3 is 3.00 bits per heavy atom. The smallest absolute Gasteiger partial charge is 0.134 e. The van der Waals surface area contributed by atoms with Crippen LogP contribution in [0.5, 0.6) is 0 Å². The van der Waals surface area contributed by atoms with Crippen LogP contribution in [-0.2, 0) is 12.8 Å². The fraction of sp³-hybridized carbons (Fsp3) is 0.364. The Morgan fingerprint density at radius 1 is 1.41 bits per heavy atom. The maximum absolute atomic E-state index is 5.91. The second kappa shape index (κ2) is 5.93. The Morgan fingerprint density at radius 2 is 2.29 bits per heavy atom. The first-order valence-corrected chi connectivity index (χ1v) is 6.69. The van der Waals surface area contributed by atoms with Crippen molar-refractivity contribution < 1.29 is 0 Å². The molecule has 17 heavy (non-hydrogen) atoms. The topological polar surface area (TPSA) is 50.7 Å². The molecular formula is C11H13ClN4S. The quantitative estimate of drug-likeness (QED) is 0.848. The number of aromatic nitrogens is 3. The van der Waals surface area contributed by atoms with Crippen LogP contribution in [0.25, 0.3) is 0 Å². The van der Waals surface area contributed by atoms with E-state index in [1.807, 2.05) is 18.5 Å². The normalized spacial score (nSPS) is 10.5. The SMILES string of the molecule is CCc1nc(Cl)cc(NCCc2nccs2)n1. The van der Waals surface area contributed by atoms with E-state index in [1.165, 1.54) is 0 Å². The van der Waals surface area contributed by atoms with Gasteiger partial charge in [-0.25, -0.2) is 15.0 Å². The number of hydrogen-bond acceptors (Lipinski definition) is 5. The lowest BCUT2D eigenvalue weighted by Gasteiger charge is -2.06. The van der Waals surface area contributed by atoms with Gasteiger partial charge in [-0.15, -0.1) is 11.3 Å². The number of thiazole rings is 1. The first-order valence-electron chi connectivity index (χ1n) is 5.43. The van der Waals surface area contributed by atoms with Crippen molar-refractivity contribution in [3.8, 4) is 0 Å². The minimum atomic E-state index is 0.480. The van der Waals surface area contributed by atoms with E-state index < -0.39 is 0 Å². The maximum Gasteiger partial charge on any atom is 0.134 e. The zero-order chi connectivity index (χ0) is 12.1. The summed E-state index contributed by atoms with van der Waals surface area (Å²) in [5.41, 5.74) is 0. The van der Waals surface area contributed by atoms with Crippen molar-refractivity contribution in [1.29, 1.82) is 0 Å². The van der Waals surface area contributed by atoms with Crippen molar-refractivity contribution in [2.75, 3.05) is 11.9 Å². The van der Waals surface area contributed by atoms with Crippen LogP contribution >= 0.6 is 22.9 Å². The lowest BCUT2D eigenvalue weighted by Crippen LogP contribution is -2.07. The average molecular weight is 269 g/mol. The summed E-state index contributed by atoms with van der Waals surface area (Å²) in [6.45, 7) is 2.80. The fourth-order valence-electron chi connectivity index (χ4n) is 1.39. The van der Waals surface area contributed by atoms with Gasteiger partial charge in [-0.3, -0.25) is 0 Å². The number of rotatable bonds is 5. The number of nitrogens with one attached hydrogen (secondary N) is 1. The molecule has 0 atom stereocenters. The minimum absolute atomic E-state index is 0.480. The van der Waals surface area contributed by atoms with Gasteiger partial charge in [0.2, 0.25) is 0 Å². The molecule has 2 aromatic rings. The van der Waals surface area contributed by atoms with E-state index in [4.69, 9.17) is 11.6 Å². The molecule has 0 saturated carbocycles. The zero-order valence-corrected chi connectivity index (χ0v) is 11.1. The largest absolute Gasteiger partial charge is 0.369 e. The summed E-state index contributed by atoms with van der Waals surface area (Å²) >= 11 is 7.56. The molecule has 0 aliphatic heterocycles. The third-order valence-electron chi connectivity index (χ3n) is 2.19. The van der Waals surface area contributed by atoms with Crippen molar-refractivity contribution in [3.05, 3.63) is 33.6 Å². The number of aryl methyl sites for hydroxylation is 1. The van der Waals surface area contributed by atoms with Crippen LogP contribution in [0.1, 0.15) is 17.8 Å². The Labute approximate surface area is 109 Å². The lowest BCUT2D eigenvalue weighted by molar-refractivity contribution is 0.923. The molecule has 0 aliphatic rings. The molecule has 2 aromatic heterocycles. The predicted octanol–water partition coefficient (Wildman–Crippen LogP) is 2.80. The Hall–Kier alpha value is -1.20. The Kier molecular flexibility index (Phi) is 4.28. The summed E-state index contributed by atoms with van der Waals surface area (Å²) in [4.78, 5) is 12.7. The Balaban J connectivity index is 1.92. The van der Waals surface area contributed by atoms with Crippen LogP contribution in [0.15, 0.2) is 17.6 Å². The molecule has 90 valence electrons. The molecule has 0 unspecified atom stereocenters. The van der Waals surface area contributed by atoms with Crippen molar-refractivity contribution >= 4 is 28.8 Å². The summed E-state index contributed by atoms with van der Waals surface area (Å²) in [6.07, 6.45) is 3.49. The van der Waals surface area contributed by atoms with Gasteiger partial charge >= 0.3 is 0 Å². The standard InChI is InChI=1S/C11H13ClN4S/c1-2-9-15-8(12)7-10(16-9)13-4-3-11-14-5-6-17-11/h5-7H,2-4H2,1H3,(H,13,15,16). The number of nitrogens with zero attached hydrogens (tertiary/aromatic N) is 3. The minimum Gasteiger partial charge on any atom is -0.369 e. The molecule has 4 nitrogen and oxygen atoms in total. The van der Waals surface area contributed by atoms with Gasteiger partial charge in [-0.05, 0) is 0 Å². The van der Waals surface area contributed by atoms with E-state index in [2.05, 4.69) is 20.3 Å². The van der Waals surface area contributed by atoms with Crippen LogP contribution in [-0.4, -0.2) is 21.5 Å². The molecule has 0 saturated heterocycles. The second-order valence-electron chi connectivity index (χ2n) is 3.45. The van der Waals surface area contributed by atoms with Gasteiger partial charge in [0.25, 0.3) is 0 Å². The molecule has 0 amide bonds. The molecule has 0 fully saturated rings. The number of halogens is 1. The van der Waals surface area contributed by atoms with Gasteiger partial charge in [-0.1, -0.05) is 18.5 Å². The van der Waals surface area contributed by atoms with Crippen molar-refractivity contribution in [3.63, 3.8) is 0 Å². The summed E-state index contributed by atoms with van der Waals surface area (Å²) in [5.74, 6) is 1.53. The fourth-order valence-corrected chi connectivity index (χ4v) is 2.21. The number of hydrogen-bond donors (Lipinski definition) is 1. The van der Waals surface area contributed by atoms with Gasteiger partial charge in [0.1, 0.15) is 16.8 Å². The van der Waals surface area contributed by atoms with E-state index in [-0.39, 0.29) is 0 Å². The highest BCUT2D eigenvalue weighted by atomic mass is 35.5. The molecule has 0 radical (unpaired) electrons. The van der Waals surface area contributed by atoms with Crippen LogP contribution in [0.3, 0.4) is 0 Å². The monoisotopic (exact) mass is 268 g/mol. The number of anilines is 1. The van der Waals surface area contributed by atoms with Crippen molar-refractivity contribution in [2.24, 2.45) is 0 Å². The molecular weight excluding hydrogens is 256 g/mol. The third kappa shape index (κ3) is 3.64. The summed E-state index contributed by atoms with van der Waals surface area (Å²) in [5, 5.41) is 6.81. The van der Waals surface area contributed by atoms with Gasteiger partial charge in [0, 0.05) is 37.0 Å². The molecule has 0 aromatic carbocycles. The molecule has 0 spiro atoms. The van der Waals surface area contributed by atoms with Crippen LogP contribution < -0.4 is 5.32 Å². The second-order valence-corrected chi connectivity index (χ2v) is 4.81. The van der Waals surface area contributed by atoms with Crippen LogP contribution in [0, 0.1) is 0 Å². The molecule has 6 heteroatoms. The third-order valence-corrected chi connectivity index (χ3v) is 3.22. The summed E-state index contributed by atoms with van der Waals surface area (Å²) in [6, 6.07) is 1.74. The molecule has 0 aliphatic carbocycles. The summed E-state index contributed by atoms with van der Waals surface area (Å²) < 4.78 is 0.